The molecule has 3 aromatic rings. The van der Waals surface area contributed by atoms with Crippen LogP contribution in [0.15, 0.2) is 76.6 Å². The summed E-state index contributed by atoms with van der Waals surface area (Å²) in [5, 5.41) is 12.7. The Kier molecular flexibility index (Phi) is 6.82. The van der Waals surface area contributed by atoms with E-state index < -0.39 is 5.97 Å². The van der Waals surface area contributed by atoms with E-state index >= 15 is 0 Å². The van der Waals surface area contributed by atoms with Gasteiger partial charge in [-0.25, -0.2) is 9.79 Å². The maximum Gasteiger partial charge on any atom is 0.335 e. The molecule has 0 bridgehead atoms. The predicted octanol–water partition coefficient (Wildman–Crippen LogP) is 5.82. The van der Waals surface area contributed by atoms with Crippen molar-refractivity contribution in [1.29, 1.82) is 0 Å². The van der Waals surface area contributed by atoms with Crippen LogP contribution in [0.2, 0.25) is 5.02 Å². The molecule has 1 fully saturated rings. The van der Waals surface area contributed by atoms with Gasteiger partial charge >= 0.3 is 5.97 Å². The lowest BCUT2D eigenvalue weighted by Gasteiger charge is -2.09. The molecule has 0 aromatic heterocycles. The van der Waals surface area contributed by atoms with Crippen LogP contribution in [-0.2, 0) is 11.4 Å². The van der Waals surface area contributed by atoms with Crippen molar-refractivity contribution in [1.82, 2.24) is 5.32 Å². The van der Waals surface area contributed by atoms with Crippen LogP contribution in [0.4, 0.5) is 5.69 Å². The van der Waals surface area contributed by atoms with Gasteiger partial charge in [0.2, 0.25) is 0 Å². The van der Waals surface area contributed by atoms with Gasteiger partial charge in [-0.3, -0.25) is 4.79 Å². The Hall–Kier alpha value is -3.55. The maximum atomic E-state index is 12.3. The van der Waals surface area contributed by atoms with Crippen molar-refractivity contribution in [2.45, 2.75) is 13.5 Å². The van der Waals surface area contributed by atoms with Crippen molar-refractivity contribution in [3.05, 3.63) is 98.9 Å². The van der Waals surface area contributed by atoms with Crippen molar-refractivity contribution < 1.29 is 19.4 Å². The number of halogens is 1. The van der Waals surface area contributed by atoms with Crippen molar-refractivity contribution in [2.75, 3.05) is 0 Å². The van der Waals surface area contributed by atoms with E-state index in [1.165, 1.54) is 23.9 Å². The number of aliphatic imine (C=N–C) groups is 1. The number of ether oxygens (including phenoxy) is 1. The van der Waals surface area contributed by atoms with E-state index in [9.17, 15) is 9.59 Å². The Morgan fingerprint density at radius 2 is 1.85 bits per heavy atom. The lowest BCUT2D eigenvalue weighted by Crippen LogP contribution is -2.19. The number of nitrogens with one attached hydrogen (secondary N) is 1. The molecule has 0 spiro atoms. The molecule has 0 atom stereocenters. The van der Waals surface area contributed by atoms with Gasteiger partial charge in [-0.05, 0) is 72.3 Å². The summed E-state index contributed by atoms with van der Waals surface area (Å²) < 4.78 is 5.76. The highest BCUT2D eigenvalue weighted by Gasteiger charge is 2.23. The number of rotatable bonds is 6. The van der Waals surface area contributed by atoms with Crippen LogP contribution < -0.4 is 10.1 Å². The molecule has 3 aromatic carbocycles. The molecule has 166 valence electrons. The van der Waals surface area contributed by atoms with Gasteiger partial charge in [-0.15, -0.1) is 0 Å². The number of aromatic carboxylic acids is 1. The van der Waals surface area contributed by atoms with Gasteiger partial charge in [0.1, 0.15) is 12.4 Å². The number of carbonyl (C=O) groups is 2. The number of carboxylic acids is 1. The van der Waals surface area contributed by atoms with Gasteiger partial charge in [0, 0.05) is 0 Å². The van der Waals surface area contributed by atoms with Crippen LogP contribution in [0.3, 0.4) is 0 Å². The summed E-state index contributed by atoms with van der Waals surface area (Å²) >= 11 is 7.64. The van der Waals surface area contributed by atoms with Crippen LogP contribution in [0.1, 0.15) is 27.0 Å². The molecule has 0 saturated carbocycles. The smallest absolute Gasteiger partial charge is 0.335 e. The summed E-state index contributed by atoms with van der Waals surface area (Å²) in [5.41, 5.74) is 3.71. The highest BCUT2D eigenvalue weighted by atomic mass is 35.5. The number of hydrogen-bond acceptors (Lipinski definition) is 5. The Morgan fingerprint density at radius 1 is 1.12 bits per heavy atom. The number of carbonyl (C=O) groups excluding carboxylic acids is 1. The van der Waals surface area contributed by atoms with E-state index in [1.807, 2.05) is 37.3 Å². The first kappa shape index (κ1) is 22.6. The van der Waals surface area contributed by atoms with E-state index in [0.717, 1.165) is 22.4 Å². The molecule has 0 unspecified atom stereocenters. The minimum atomic E-state index is -0.974. The van der Waals surface area contributed by atoms with Crippen molar-refractivity contribution in [3.63, 3.8) is 0 Å². The predicted molar refractivity (Wildman–Crippen MR) is 131 cm³/mol. The first-order chi connectivity index (χ1) is 15.9. The fourth-order valence-corrected chi connectivity index (χ4v) is 4.08. The van der Waals surface area contributed by atoms with E-state index in [-0.39, 0.29) is 18.1 Å². The number of amides is 1. The fraction of sp³-hybridized carbons (Fsp3) is 0.0800. The molecular weight excluding hydrogens is 460 g/mol. The first-order valence-corrected chi connectivity index (χ1v) is 11.2. The molecule has 1 amide bonds. The molecule has 4 rings (SSSR count). The number of amidine groups is 1. The number of thioether (sulfide) groups is 1. The third-order valence-corrected chi connectivity index (χ3v) is 5.97. The average Bonchev–Trinajstić information content (AvgIpc) is 3.13. The van der Waals surface area contributed by atoms with Crippen LogP contribution in [-0.4, -0.2) is 22.2 Å². The lowest BCUT2D eigenvalue weighted by atomic mass is 10.1. The number of carboxylic acid groups (broad SMARTS) is 1. The SMILES string of the molecule is Cc1ccc(N=C2NC(=O)/C(=C/c3ccc(OCc4ccc(C(=O)O)cc4)c(Cl)c3)S2)cc1. The molecule has 1 heterocycles. The molecule has 6 nitrogen and oxygen atoms in total. The summed E-state index contributed by atoms with van der Waals surface area (Å²) in [6.07, 6.45) is 1.75. The minimum Gasteiger partial charge on any atom is -0.487 e. The van der Waals surface area contributed by atoms with Crippen molar-refractivity contribution in [2.24, 2.45) is 4.99 Å². The van der Waals surface area contributed by atoms with Gasteiger partial charge in [0.25, 0.3) is 5.91 Å². The lowest BCUT2D eigenvalue weighted by molar-refractivity contribution is -0.115. The normalized spacial score (nSPS) is 15.6. The summed E-state index contributed by atoms with van der Waals surface area (Å²) in [4.78, 5) is 28.3. The zero-order valence-electron chi connectivity index (χ0n) is 17.5. The molecule has 1 aliphatic rings. The van der Waals surface area contributed by atoms with Crippen LogP contribution in [0.5, 0.6) is 5.75 Å². The topological polar surface area (TPSA) is 88.0 Å². The molecule has 0 aliphatic carbocycles. The van der Waals surface area contributed by atoms with E-state index in [4.69, 9.17) is 21.4 Å². The average molecular weight is 479 g/mol. The maximum absolute atomic E-state index is 12.3. The molecule has 2 N–H and O–H groups in total. The van der Waals surface area contributed by atoms with Crippen LogP contribution in [0.25, 0.3) is 6.08 Å². The third-order valence-electron chi connectivity index (χ3n) is 4.76. The summed E-state index contributed by atoms with van der Waals surface area (Å²) in [6, 6.07) is 19.4. The van der Waals surface area contributed by atoms with E-state index in [0.29, 0.717) is 20.8 Å². The highest BCUT2D eigenvalue weighted by molar-refractivity contribution is 8.18. The largest absolute Gasteiger partial charge is 0.487 e. The zero-order chi connectivity index (χ0) is 23.4. The highest BCUT2D eigenvalue weighted by Crippen LogP contribution is 2.31. The standard InChI is InChI=1S/C25H19ClN2O4S/c1-15-2-9-19(10-3-15)27-25-28-23(29)22(33-25)13-17-6-11-21(20(26)12-17)32-14-16-4-7-18(8-5-16)24(30)31/h2-13H,14H2,1H3,(H,30,31)(H,27,28,29)/b22-13-. The van der Waals surface area contributed by atoms with Crippen molar-refractivity contribution in [3.8, 4) is 5.75 Å². The molecule has 0 radical (unpaired) electrons. The van der Waals surface area contributed by atoms with Crippen molar-refractivity contribution >= 4 is 52.2 Å². The number of nitrogens with zero attached hydrogens (tertiary/aromatic N) is 1. The van der Waals surface area contributed by atoms with Gasteiger partial charge in [0.15, 0.2) is 5.17 Å². The number of aryl methyl sites for hydroxylation is 1. The Morgan fingerprint density at radius 3 is 2.52 bits per heavy atom. The molecule has 1 aliphatic heterocycles. The van der Waals surface area contributed by atoms with E-state index in [1.54, 1.807) is 30.3 Å². The second-order valence-corrected chi connectivity index (χ2v) is 8.74. The summed E-state index contributed by atoms with van der Waals surface area (Å²) in [7, 11) is 0. The van der Waals surface area contributed by atoms with Gasteiger partial charge in [-0.2, -0.15) is 0 Å². The minimum absolute atomic E-state index is 0.216. The first-order valence-electron chi connectivity index (χ1n) is 9.98. The molecule has 1 saturated heterocycles. The Balaban J connectivity index is 1.42. The molecular formula is C25H19ClN2O4S. The molecule has 8 heteroatoms. The van der Waals surface area contributed by atoms with Gasteiger partial charge in [-0.1, -0.05) is 47.5 Å². The second-order valence-electron chi connectivity index (χ2n) is 7.30. The van der Waals surface area contributed by atoms with Crippen LogP contribution in [0, 0.1) is 6.92 Å². The fourth-order valence-electron chi connectivity index (χ4n) is 3.00. The zero-order valence-corrected chi connectivity index (χ0v) is 19.1. The summed E-state index contributed by atoms with van der Waals surface area (Å²) in [6.45, 7) is 2.25. The monoisotopic (exact) mass is 478 g/mol. The van der Waals surface area contributed by atoms with Crippen LogP contribution >= 0.6 is 23.4 Å². The summed E-state index contributed by atoms with van der Waals surface area (Å²) in [5.74, 6) is -0.698. The number of benzene rings is 3. The second kappa shape index (κ2) is 9.94. The Bertz CT molecular complexity index is 1270. The quantitative estimate of drug-likeness (QED) is 0.436. The Labute approximate surface area is 200 Å². The molecule has 33 heavy (non-hydrogen) atoms. The van der Waals surface area contributed by atoms with Gasteiger partial charge < -0.3 is 15.2 Å². The van der Waals surface area contributed by atoms with E-state index in [2.05, 4.69) is 10.3 Å². The third kappa shape index (κ3) is 5.83. The van der Waals surface area contributed by atoms with Gasteiger partial charge in [0.05, 0.1) is 21.2 Å². The number of hydrogen-bond donors (Lipinski definition) is 2.